The van der Waals surface area contributed by atoms with Gasteiger partial charge < -0.3 is 19.7 Å². The summed E-state index contributed by atoms with van der Waals surface area (Å²) < 4.78 is 14.4. The van der Waals surface area contributed by atoms with Gasteiger partial charge in [-0.1, -0.05) is 6.07 Å². The Labute approximate surface area is 253 Å². The van der Waals surface area contributed by atoms with Crippen LogP contribution in [-0.4, -0.2) is 76.4 Å². The Bertz CT molecular complexity index is 1380. The molecule has 1 saturated carbocycles. The van der Waals surface area contributed by atoms with Crippen LogP contribution in [0.2, 0.25) is 0 Å². The lowest BCUT2D eigenvalue weighted by molar-refractivity contribution is -0.135. The van der Waals surface area contributed by atoms with Crippen LogP contribution >= 0.6 is 0 Å². The van der Waals surface area contributed by atoms with Crippen molar-refractivity contribution in [3.05, 3.63) is 34.2 Å². The summed E-state index contributed by atoms with van der Waals surface area (Å²) in [6.07, 6.45) is 7.05. The maximum atomic E-state index is 13.1. The van der Waals surface area contributed by atoms with Crippen molar-refractivity contribution in [1.29, 1.82) is 0 Å². The quantitative estimate of drug-likeness (QED) is 0.352. The molecule has 3 amide bonds. The van der Waals surface area contributed by atoms with Crippen molar-refractivity contribution < 1.29 is 23.9 Å². The summed E-state index contributed by atoms with van der Waals surface area (Å²) >= 11 is 0. The van der Waals surface area contributed by atoms with Crippen molar-refractivity contribution in [1.82, 2.24) is 24.7 Å². The Morgan fingerprint density at radius 3 is 2.40 bits per heavy atom. The number of rotatable bonds is 8. The number of hydrogen-bond donors (Lipinski definition) is 2. The summed E-state index contributed by atoms with van der Waals surface area (Å²) in [7, 11) is 1.75. The van der Waals surface area contributed by atoms with Crippen molar-refractivity contribution >= 4 is 28.9 Å². The zero-order valence-electron chi connectivity index (χ0n) is 26.0. The Balaban J connectivity index is 1.07. The highest BCUT2D eigenvalue weighted by Crippen LogP contribution is 2.33. The number of amides is 3. The minimum atomic E-state index is -0.661. The van der Waals surface area contributed by atoms with Crippen LogP contribution in [0.4, 0.5) is 4.79 Å². The number of piperidine rings is 2. The van der Waals surface area contributed by atoms with Crippen molar-refractivity contribution in [3.63, 3.8) is 0 Å². The van der Waals surface area contributed by atoms with Gasteiger partial charge in [-0.05, 0) is 108 Å². The van der Waals surface area contributed by atoms with Crippen LogP contribution in [-0.2, 0) is 26.1 Å². The summed E-state index contributed by atoms with van der Waals surface area (Å²) in [5.41, 5.74) is 2.08. The number of ether oxygens (including phenoxy) is 2. The van der Waals surface area contributed by atoms with Gasteiger partial charge in [-0.3, -0.25) is 24.0 Å². The van der Waals surface area contributed by atoms with Gasteiger partial charge >= 0.3 is 11.8 Å². The van der Waals surface area contributed by atoms with Gasteiger partial charge in [0.1, 0.15) is 11.6 Å². The lowest BCUT2D eigenvalue weighted by atomic mass is 9.85. The molecular weight excluding hydrogens is 550 g/mol. The number of imidazole rings is 1. The van der Waals surface area contributed by atoms with Gasteiger partial charge in [0.05, 0.1) is 23.7 Å². The van der Waals surface area contributed by atoms with Gasteiger partial charge in [0.2, 0.25) is 11.8 Å². The summed E-state index contributed by atoms with van der Waals surface area (Å²) in [5, 5.41) is 5.13. The maximum absolute atomic E-state index is 13.1. The van der Waals surface area contributed by atoms with Crippen LogP contribution in [0.15, 0.2) is 23.0 Å². The van der Waals surface area contributed by atoms with E-state index >= 15 is 0 Å². The molecule has 43 heavy (non-hydrogen) atoms. The number of carbonyl (C=O) groups excluding carboxylic acids is 3. The molecule has 1 unspecified atom stereocenters. The largest absolute Gasteiger partial charge is 0.444 e. The van der Waals surface area contributed by atoms with E-state index in [4.69, 9.17) is 9.47 Å². The Kier molecular flexibility index (Phi) is 9.60. The topological polar surface area (TPSA) is 124 Å². The van der Waals surface area contributed by atoms with Gasteiger partial charge in [0.15, 0.2) is 0 Å². The molecule has 2 aromatic rings. The number of nitrogens with one attached hydrogen (secondary N) is 2. The number of carbonyl (C=O) groups is 3. The molecule has 5 rings (SSSR count). The number of nitrogens with zero attached hydrogens (tertiary/aromatic N) is 3. The fourth-order valence-corrected chi connectivity index (χ4v) is 6.85. The first-order valence-electron chi connectivity index (χ1n) is 15.8. The van der Waals surface area contributed by atoms with Crippen LogP contribution < -0.4 is 16.3 Å². The van der Waals surface area contributed by atoms with E-state index in [1.165, 1.54) is 18.4 Å². The molecule has 2 saturated heterocycles. The highest BCUT2D eigenvalue weighted by atomic mass is 16.6. The predicted octanol–water partition coefficient (Wildman–Crippen LogP) is 3.60. The zero-order chi connectivity index (χ0) is 30.7. The van der Waals surface area contributed by atoms with Gasteiger partial charge in [0, 0.05) is 26.6 Å². The first-order chi connectivity index (χ1) is 20.5. The molecule has 2 N–H and O–H groups in total. The number of benzene rings is 1. The third kappa shape index (κ3) is 7.67. The van der Waals surface area contributed by atoms with Crippen LogP contribution in [0.25, 0.3) is 11.0 Å². The highest BCUT2D eigenvalue weighted by molar-refractivity contribution is 6.00. The van der Waals surface area contributed by atoms with E-state index in [0.29, 0.717) is 31.4 Å². The van der Waals surface area contributed by atoms with Crippen LogP contribution in [0.3, 0.4) is 0 Å². The number of likely N-dealkylation sites (tertiary alicyclic amines) is 1. The maximum Gasteiger partial charge on any atom is 0.407 e. The minimum absolute atomic E-state index is 0.228. The van der Waals surface area contributed by atoms with E-state index in [9.17, 15) is 19.2 Å². The third-order valence-corrected chi connectivity index (χ3v) is 9.13. The molecular formula is C32H47N5O6. The number of aromatic nitrogens is 2. The van der Waals surface area contributed by atoms with Gasteiger partial charge in [0.25, 0.3) is 0 Å². The molecule has 0 spiro atoms. The molecule has 2 aliphatic heterocycles. The zero-order valence-corrected chi connectivity index (χ0v) is 26.0. The van der Waals surface area contributed by atoms with Crippen molar-refractivity contribution in [2.45, 2.75) is 95.8 Å². The predicted molar refractivity (Wildman–Crippen MR) is 163 cm³/mol. The summed E-state index contributed by atoms with van der Waals surface area (Å²) in [5.74, 6) is 0.435. The smallest absolute Gasteiger partial charge is 0.407 e. The van der Waals surface area contributed by atoms with E-state index in [2.05, 4.69) is 27.7 Å². The monoisotopic (exact) mass is 597 g/mol. The first-order valence-corrected chi connectivity index (χ1v) is 15.8. The lowest BCUT2D eigenvalue weighted by Gasteiger charge is -2.36. The van der Waals surface area contributed by atoms with Crippen LogP contribution in [0, 0.1) is 5.92 Å². The van der Waals surface area contributed by atoms with E-state index < -0.39 is 23.6 Å². The molecule has 3 aliphatic rings. The van der Waals surface area contributed by atoms with E-state index in [1.807, 2.05) is 26.8 Å². The summed E-state index contributed by atoms with van der Waals surface area (Å²) in [4.78, 5) is 51.6. The molecule has 3 heterocycles. The number of alkyl carbamates (subject to hydrolysis) is 1. The standard InChI is InChI=1S/C32H47N5O6/c1-32(2,3)43-30(40)33-15-18-42-24-8-5-21(6-9-24)20-36-16-13-22(14-17-36)23-7-10-25-27(19-23)35(4)31(41)37(25)26-11-12-28(38)34-29(26)39/h7,10,19,21-22,24,26H,5-6,8-9,11-18,20H2,1-4H3,(H,33,40)(H,34,38,39). The van der Waals surface area contributed by atoms with Crippen LogP contribution in [0.1, 0.15) is 89.7 Å². The molecule has 0 radical (unpaired) electrons. The second-order valence-corrected chi connectivity index (χ2v) is 13.4. The lowest BCUT2D eigenvalue weighted by Crippen LogP contribution is -2.44. The number of fused-ring (bicyclic) bond motifs is 1. The molecule has 1 atom stereocenters. The van der Waals surface area contributed by atoms with Crippen molar-refractivity contribution in [2.75, 3.05) is 32.8 Å². The van der Waals surface area contributed by atoms with E-state index in [1.54, 1.807) is 16.2 Å². The number of imide groups is 1. The average molecular weight is 598 g/mol. The summed E-state index contributed by atoms with van der Waals surface area (Å²) in [6.45, 7) is 9.76. The second-order valence-electron chi connectivity index (χ2n) is 13.4. The van der Waals surface area contributed by atoms with E-state index in [0.717, 1.165) is 56.4 Å². The molecule has 1 aliphatic carbocycles. The first kappa shape index (κ1) is 31.3. The van der Waals surface area contributed by atoms with Crippen molar-refractivity contribution in [3.8, 4) is 0 Å². The van der Waals surface area contributed by atoms with E-state index in [-0.39, 0.29) is 24.1 Å². The van der Waals surface area contributed by atoms with Crippen LogP contribution in [0.5, 0.6) is 0 Å². The van der Waals surface area contributed by atoms with Crippen molar-refractivity contribution in [2.24, 2.45) is 13.0 Å². The average Bonchev–Trinajstić information content (AvgIpc) is 3.20. The second kappa shape index (κ2) is 13.2. The number of hydrogen-bond acceptors (Lipinski definition) is 7. The molecule has 11 nitrogen and oxygen atoms in total. The normalized spacial score (nSPS) is 24.2. The molecule has 11 heteroatoms. The molecule has 236 valence electrons. The molecule has 3 fully saturated rings. The van der Waals surface area contributed by atoms with Gasteiger partial charge in [-0.15, -0.1) is 0 Å². The third-order valence-electron chi connectivity index (χ3n) is 9.13. The number of aryl methyl sites for hydroxylation is 1. The highest BCUT2D eigenvalue weighted by Gasteiger charge is 2.32. The Hall–Kier alpha value is -3.18. The van der Waals surface area contributed by atoms with Gasteiger partial charge in [-0.2, -0.15) is 0 Å². The SMILES string of the molecule is Cn1c(=O)n(C2CCC(=O)NC2=O)c2ccc(C3CCN(CC4CCC(OCCNC(=O)OC(C)(C)C)CC4)CC3)cc21. The minimum Gasteiger partial charge on any atom is -0.444 e. The Morgan fingerprint density at radius 2 is 1.72 bits per heavy atom. The molecule has 1 aromatic heterocycles. The molecule has 1 aromatic carbocycles. The van der Waals surface area contributed by atoms with Gasteiger partial charge in [-0.25, -0.2) is 9.59 Å². The fourth-order valence-electron chi connectivity index (χ4n) is 6.85. The summed E-state index contributed by atoms with van der Waals surface area (Å²) in [6, 6.07) is 5.53. The fraction of sp³-hybridized carbons (Fsp3) is 0.688. The Morgan fingerprint density at radius 1 is 1.00 bits per heavy atom. The molecule has 0 bridgehead atoms.